The number of ether oxygens (including phenoxy) is 2. The van der Waals surface area contributed by atoms with E-state index >= 15 is 0 Å². The summed E-state index contributed by atoms with van der Waals surface area (Å²) in [6.07, 6.45) is 4.33. The molecule has 1 fully saturated rings. The molecule has 0 bridgehead atoms. The minimum atomic E-state index is 0.0626. The van der Waals surface area contributed by atoms with Crippen LogP contribution in [-0.2, 0) is 0 Å². The second-order valence-corrected chi connectivity index (χ2v) is 7.77. The summed E-state index contributed by atoms with van der Waals surface area (Å²) in [7, 11) is 0. The van der Waals surface area contributed by atoms with Crippen LogP contribution in [0.2, 0.25) is 5.02 Å². The SMILES string of the molecule is Clc1ccc2ncn([C@H]3CCCN(C[C@H]4COc5ccccc5O4)C3)c2c1. The number of halogens is 1. The fourth-order valence-corrected chi connectivity index (χ4v) is 4.32. The predicted octanol–water partition coefficient (Wildman–Crippen LogP) is 4.17. The Bertz CT molecular complexity index is 958. The maximum absolute atomic E-state index is 6.20. The maximum Gasteiger partial charge on any atom is 0.161 e. The van der Waals surface area contributed by atoms with Gasteiger partial charge in [-0.2, -0.15) is 0 Å². The van der Waals surface area contributed by atoms with Crippen molar-refractivity contribution < 1.29 is 9.47 Å². The van der Waals surface area contributed by atoms with Crippen LogP contribution >= 0.6 is 11.6 Å². The Kier molecular flexibility index (Phi) is 4.42. The van der Waals surface area contributed by atoms with E-state index in [4.69, 9.17) is 21.1 Å². The smallest absolute Gasteiger partial charge is 0.161 e. The van der Waals surface area contributed by atoms with Crippen LogP contribution in [0.4, 0.5) is 0 Å². The average Bonchev–Trinajstić information content (AvgIpc) is 3.11. The highest BCUT2D eigenvalue weighted by Crippen LogP contribution is 2.32. The number of benzene rings is 2. The zero-order valence-corrected chi connectivity index (χ0v) is 15.8. The topological polar surface area (TPSA) is 39.5 Å². The first-order valence-corrected chi connectivity index (χ1v) is 9.87. The molecule has 3 heterocycles. The number of hydrogen-bond acceptors (Lipinski definition) is 4. The number of aromatic nitrogens is 2. The van der Waals surface area contributed by atoms with Crippen LogP contribution in [-0.4, -0.2) is 46.8 Å². The molecule has 27 heavy (non-hydrogen) atoms. The van der Waals surface area contributed by atoms with Gasteiger partial charge in [0.15, 0.2) is 11.5 Å². The van der Waals surface area contributed by atoms with Crippen molar-refractivity contribution >= 4 is 22.6 Å². The first-order chi connectivity index (χ1) is 13.3. The molecular weight excluding hydrogens is 362 g/mol. The molecule has 0 aliphatic carbocycles. The van der Waals surface area contributed by atoms with E-state index in [1.807, 2.05) is 48.8 Å². The van der Waals surface area contributed by atoms with Gasteiger partial charge in [0.25, 0.3) is 0 Å². The van der Waals surface area contributed by atoms with Crippen molar-refractivity contribution in [3.63, 3.8) is 0 Å². The number of fused-ring (bicyclic) bond motifs is 2. The Labute approximate surface area is 163 Å². The third kappa shape index (κ3) is 3.37. The minimum Gasteiger partial charge on any atom is -0.486 e. The van der Waals surface area contributed by atoms with Crippen molar-refractivity contribution in [2.75, 3.05) is 26.2 Å². The van der Waals surface area contributed by atoms with E-state index in [0.29, 0.717) is 12.6 Å². The van der Waals surface area contributed by atoms with Crippen LogP contribution in [0, 0.1) is 0 Å². The molecule has 2 aliphatic rings. The molecular formula is C21H22ClN3O2. The second kappa shape index (κ2) is 7.06. The van der Waals surface area contributed by atoms with E-state index in [9.17, 15) is 0 Å². The fraction of sp³-hybridized carbons (Fsp3) is 0.381. The molecule has 0 unspecified atom stereocenters. The van der Waals surface area contributed by atoms with Crippen molar-refractivity contribution in [3.8, 4) is 11.5 Å². The highest BCUT2D eigenvalue weighted by atomic mass is 35.5. The van der Waals surface area contributed by atoms with Crippen LogP contribution in [0.1, 0.15) is 18.9 Å². The summed E-state index contributed by atoms with van der Waals surface area (Å²) in [6.45, 7) is 3.55. The van der Waals surface area contributed by atoms with Gasteiger partial charge in [-0.1, -0.05) is 23.7 Å². The van der Waals surface area contributed by atoms with E-state index < -0.39 is 0 Å². The minimum absolute atomic E-state index is 0.0626. The summed E-state index contributed by atoms with van der Waals surface area (Å²) in [5.41, 5.74) is 2.11. The monoisotopic (exact) mass is 383 g/mol. The number of piperidine rings is 1. The first kappa shape index (κ1) is 16.9. The standard InChI is InChI=1S/C21H22ClN3O2/c22-15-7-8-18-19(10-15)25(14-23-18)16-4-3-9-24(11-16)12-17-13-26-20-5-1-2-6-21(20)27-17/h1-2,5-8,10,14,16-17H,3-4,9,11-13H2/t16-,17-/m0/s1. The lowest BCUT2D eigenvalue weighted by Crippen LogP contribution is -2.45. The Morgan fingerprint density at radius 1 is 1.15 bits per heavy atom. The second-order valence-electron chi connectivity index (χ2n) is 7.34. The van der Waals surface area contributed by atoms with Gasteiger partial charge in [0.05, 0.1) is 17.4 Å². The molecule has 0 N–H and O–H groups in total. The van der Waals surface area contributed by atoms with Crippen LogP contribution in [0.3, 0.4) is 0 Å². The highest BCUT2D eigenvalue weighted by molar-refractivity contribution is 6.31. The van der Waals surface area contributed by atoms with Gasteiger partial charge in [-0.3, -0.25) is 4.90 Å². The van der Waals surface area contributed by atoms with Gasteiger partial charge in [-0.25, -0.2) is 4.98 Å². The molecule has 0 saturated carbocycles. The summed E-state index contributed by atoms with van der Waals surface area (Å²) in [6, 6.07) is 14.2. The van der Waals surface area contributed by atoms with Crippen molar-refractivity contribution in [2.24, 2.45) is 0 Å². The molecule has 0 spiro atoms. The number of likely N-dealkylation sites (tertiary alicyclic amines) is 1. The molecule has 5 nitrogen and oxygen atoms in total. The molecule has 140 valence electrons. The predicted molar refractivity (Wildman–Crippen MR) is 106 cm³/mol. The molecule has 3 aromatic rings. The Morgan fingerprint density at radius 2 is 2.04 bits per heavy atom. The van der Waals surface area contributed by atoms with Crippen molar-refractivity contribution in [1.82, 2.24) is 14.5 Å². The maximum atomic E-state index is 6.20. The summed E-state index contributed by atoms with van der Waals surface area (Å²) < 4.78 is 14.3. The first-order valence-electron chi connectivity index (χ1n) is 9.49. The molecule has 2 atom stereocenters. The summed E-state index contributed by atoms with van der Waals surface area (Å²) in [5, 5.41) is 0.753. The third-order valence-corrected chi connectivity index (χ3v) is 5.68. The van der Waals surface area contributed by atoms with E-state index in [-0.39, 0.29) is 6.10 Å². The van der Waals surface area contributed by atoms with Gasteiger partial charge in [0.2, 0.25) is 0 Å². The fourth-order valence-electron chi connectivity index (χ4n) is 4.16. The number of rotatable bonds is 3. The van der Waals surface area contributed by atoms with Gasteiger partial charge < -0.3 is 14.0 Å². The third-order valence-electron chi connectivity index (χ3n) is 5.44. The normalized spacial score (nSPS) is 22.9. The largest absolute Gasteiger partial charge is 0.486 e. The van der Waals surface area contributed by atoms with Crippen LogP contribution < -0.4 is 9.47 Å². The number of para-hydroxylation sites is 2. The number of nitrogens with zero attached hydrogens (tertiary/aromatic N) is 3. The Morgan fingerprint density at radius 3 is 2.96 bits per heavy atom. The van der Waals surface area contributed by atoms with E-state index in [1.165, 1.54) is 0 Å². The Hall–Kier alpha value is -2.24. The zero-order valence-electron chi connectivity index (χ0n) is 15.1. The summed E-state index contributed by atoms with van der Waals surface area (Å²) in [5.74, 6) is 1.68. The van der Waals surface area contributed by atoms with Crippen molar-refractivity contribution in [2.45, 2.75) is 25.0 Å². The lowest BCUT2D eigenvalue weighted by atomic mass is 10.0. The average molecular weight is 384 g/mol. The zero-order chi connectivity index (χ0) is 18.2. The van der Waals surface area contributed by atoms with E-state index in [1.54, 1.807) is 0 Å². The summed E-state index contributed by atoms with van der Waals surface area (Å²) in [4.78, 5) is 7.02. The molecule has 0 amide bonds. The lowest BCUT2D eigenvalue weighted by molar-refractivity contribution is 0.0464. The molecule has 2 aromatic carbocycles. The molecule has 2 aliphatic heterocycles. The van der Waals surface area contributed by atoms with Crippen molar-refractivity contribution in [3.05, 3.63) is 53.8 Å². The van der Waals surface area contributed by atoms with Crippen LogP contribution in [0.15, 0.2) is 48.8 Å². The summed E-state index contributed by atoms with van der Waals surface area (Å²) >= 11 is 6.20. The van der Waals surface area contributed by atoms with Gasteiger partial charge in [-0.15, -0.1) is 0 Å². The van der Waals surface area contributed by atoms with Crippen LogP contribution in [0.5, 0.6) is 11.5 Å². The molecule has 1 aromatic heterocycles. The molecule has 5 rings (SSSR count). The van der Waals surface area contributed by atoms with Crippen molar-refractivity contribution in [1.29, 1.82) is 0 Å². The Balaban J connectivity index is 1.29. The van der Waals surface area contributed by atoms with E-state index in [0.717, 1.165) is 60.0 Å². The van der Waals surface area contributed by atoms with E-state index in [2.05, 4.69) is 14.5 Å². The van der Waals surface area contributed by atoms with Gasteiger partial charge in [-0.05, 0) is 49.7 Å². The van der Waals surface area contributed by atoms with Crippen LogP contribution in [0.25, 0.3) is 11.0 Å². The lowest BCUT2D eigenvalue weighted by Gasteiger charge is -2.36. The van der Waals surface area contributed by atoms with Gasteiger partial charge in [0, 0.05) is 24.2 Å². The number of imidazole rings is 1. The van der Waals surface area contributed by atoms with Gasteiger partial charge in [0.1, 0.15) is 12.7 Å². The van der Waals surface area contributed by atoms with Gasteiger partial charge >= 0.3 is 0 Å². The highest BCUT2D eigenvalue weighted by Gasteiger charge is 2.27. The molecule has 0 radical (unpaired) electrons. The number of hydrogen-bond donors (Lipinski definition) is 0. The molecule has 6 heteroatoms. The quantitative estimate of drug-likeness (QED) is 0.680. The molecule has 1 saturated heterocycles.